The first-order chi connectivity index (χ1) is 9.56. The van der Waals surface area contributed by atoms with Gasteiger partial charge in [0.1, 0.15) is 0 Å². The van der Waals surface area contributed by atoms with Crippen molar-refractivity contribution in [1.29, 1.82) is 0 Å². The summed E-state index contributed by atoms with van der Waals surface area (Å²) in [6.07, 6.45) is 5.13. The SMILES string of the molecule is CCc1nn(C)c(CC(NN)c2cncc(C)c2)c1Cl. The average Bonchev–Trinajstić information content (AvgIpc) is 2.71. The van der Waals surface area contributed by atoms with Crippen molar-refractivity contribution < 1.29 is 0 Å². The zero-order valence-corrected chi connectivity index (χ0v) is 12.8. The van der Waals surface area contributed by atoms with E-state index in [1.54, 1.807) is 0 Å². The minimum Gasteiger partial charge on any atom is -0.271 e. The third kappa shape index (κ3) is 3.00. The molecule has 2 rings (SSSR count). The number of hydrogen-bond acceptors (Lipinski definition) is 4. The lowest BCUT2D eigenvalue weighted by Crippen LogP contribution is -2.30. The Morgan fingerprint density at radius 1 is 1.45 bits per heavy atom. The smallest absolute Gasteiger partial charge is 0.0850 e. The molecule has 0 spiro atoms. The standard InChI is InChI=1S/C14H20ClN5/c1-4-11-14(15)13(20(3)19-11)6-12(18-16)10-5-9(2)7-17-8-10/h5,7-8,12,18H,4,6,16H2,1-3H3. The minimum atomic E-state index is -0.0417. The molecule has 6 heteroatoms. The van der Waals surface area contributed by atoms with Crippen LogP contribution in [0.25, 0.3) is 0 Å². The Labute approximate surface area is 124 Å². The van der Waals surface area contributed by atoms with E-state index in [2.05, 4.69) is 21.6 Å². The van der Waals surface area contributed by atoms with Crippen molar-refractivity contribution in [1.82, 2.24) is 20.2 Å². The van der Waals surface area contributed by atoms with Crippen LogP contribution in [0, 0.1) is 6.92 Å². The first kappa shape index (κ1) is 15.0. The van der Waals surface area contributed by atoms with E-state index < -0.39 is 0 Å². The topological polar surface area (TPSA) is 68.8 Å². The number of nitrogens with two attached hydrogens (primary N) is 1. The van der Waals surface area contributed by atoms with E-state index in [1.165, 1.54) is 0 Å². The summed E-state index contributed by atoms with van der Waals surface area (Å²) in [5, 5.41) is 5.16. The van der Waals surface area contributed by atoms with Gasteiger partial charge in [-0.2, -0.15) is 5.10 Å². The number of rotatable bonds is 5. The van der Waals surface area contributed by atoms with Crippen LogP contribution in [0.3, 0.4) is 0 Å². The lowest BCUT2D eigenvalue weighted by Gasteiger charge is -2.16. The summed E-state index contributed by atoms with van der Waals surface area (Å²) < 4.78 is 1.83. The summed E-state index contributed by atoms with van der Waals surface area (Å²) in [5.74, 6) is 5.69. The number of halogens is 1. The van der Waals surface area contributed by atoms with E-state index in [0.717, 1.165) is 34.0 Å². The monoisotopic (exact) mass is 293 g/mol. The first-order valence-corrected chi connectivity index (χ1v) is 7.02. The fraction of sp³-hybridized carbons (Fsp3) is 0.429. The number of nitrogens with one attached hydrogen (secondary N) is 1. The summed E-state index contributed by atoms with van der Waals surface area (Å²) >= 11 is 6.38. The van der Waals surface area contributed by atoms with Crippen LogP contribution >= 0.6 is 11.6 Å². The van der Waals surface area contributed by atoms with E-state index >= 15 is 0 Å². The molecule has 0 radical (unpaired) electrons. The summed E-state index contributed by atoms with van der Waals surface area (Å²) in [4.78, 5) is 4.21. The first-order valence-electron chi connectivity index (χ1n) is 6.64. The number of aryl methyl sites for hydroxylation is 3. The molecule has 108 valence electrons. The van der Waals surface area contributed by atoms with Crippen LogP contribution in [0.2, 0.25) is 5.02 Å². The van der Waals surface area contributed by atoms with E-state index in [9.17, 15) is 0 Å². The molecular weight excluding hydrogens is 274 g/mol. The molecule has 0 aliphatic carbocycles. The second-order valence-corrected chi connectivity index (χ2v) is 5.28. The van der Waals surface area contributed by atoms with Crippen LogP contribution in [-0.4, -0.2) is 14.8 Å². The second kappa shape index (κ2) is 6.35. The largest absolute Gasteiger partial charge is 0.271 e. The summed E-state index contributed by atoms with van der Waals surface area (Å²) in [5.41, 5.74) is 6.88. The Hall–Kier alpha value is -1.43. The molecule has 20 heavy (non-hydrogen) atoms. The molecule has 5 nitrogen and oxygen atoms in total. The molecule has 2 aromatic rings. The van der Waals surface area contributed by atoms with Gasteiger partial charge >= 0.3 is 0 Å². The van der Waals surface area contributed by atoms with Gasteiger partial charge in [-0.3, -0.25) is 20.9 Å². The Balaban J connectivity index is 2.29. The third-order valence-electron chi connectivity index (χ3n) is 3.40. The van der Waals surface area contributed by atoms with E-state index in [1.807, 2.05) is 38.0 Å². The van der Waals surface area contributed by atoms with Gasteiger partial charge in [0.05, 0.1) is 22.5 Å². The Morgan fingerprint density at radius 3 is 2.75 bits per heavy atom. The second-order valence-electron chi connectivity index (χ2n) is 4.90. The molecule has 0 amide bonds. The molecule has 3 N–H and O–H groups in total. The van der Waals surface area contributed by atoms with Crippen LogP contribution in [0.15, 0.2) is 18.5 Å². The lowest BCUT2D eigenvalue weighted by molar-refractivity contribution is 0.528. The number of hydrogen-bond donors (Lipinski definition) is 2. The highest BCUT2D eigenvalue weighted by Gasteiger charge is 2.18. The normalized spacial score (nSPS) is 12.7. The Kier molecular flexibility index (Phi) is 4.75. The van der Waals surface area contributed by atoms with Crippen molar-refractivity contribution >= 4 is 11.6 Å². The maximum Gasteiger partial charge on any atom is 0.0850 e. The van der Waals surface area contributed by atoms with Gasteiger partial charge in [-0.25, -0.2) is 0 Å². The number of pyridine rings is 1. The van der Waals surface area contributed by atoms with E-state index in [-0.39, 0.29) is 6.04 Å². The molecule has 0 bridgehead atoms. The summed E-state index contributed by atoms with van der Waals surface area (Å²) in [7, 11) is 1.91. The highest BCUT2D eigenvalue weighted by Crippen LogP contribution is 2.26. The van der Waals surface area contributed by atoms with Crippen LogP contribution in [0.1, 0.15) is 35.5 Å². The summed E-state index contributed by atoms with van der Waals surface area (Å²) in [6, 6.07) is 2.03. The lowest BCUT2D eigenvalue weighted by atomic mass is 10.0. The summed E-state index contributed by atoms with van der Waals surface area (Å²) in [6.45, 7) is 4.05. The predicted molar refractivity (Wildman–Crippen MR) is 80.3 cm³/mol. The predicted octanol–water partition coefficient (Wildman–Crippen LogP) is 2.09. The van der Waals surface area contributed by atoms with E-state index in [4.69, 9.17) is 17.4 Å². The molecule has 2 heterocycles. The van der Waals surface area contributed by atoms with Crippen molar-refractivity contribution in [3.8, 4) is 0 Å². The molecule has 0 aromatic carbocycles. The van der Waals surface area contributed by atoms with Crippen molar-refractivity contribution in [2.45, 2.75) is 32.7 Å². The zero-order chi connectivity index (χ0) is 14.7. The molecule has 0 aliphatic rings. The number of hydrazine groups is 1. The van der Waals surface area contributed by atoms with Gasteiger partial charge in [0.25, 0.3) is 0 Å². The fourth-order valence-corrected chi connectivity index (χ4v) is 2.65. The van der Waals surface area contributed by atoms with Crippen molar-refractivity contribution in [2.75, 3.05) is 0 Å². The zero-order valence-electron chi connectivity index (χ0n) is 12.0. The quantitative estimate of drug-likeness (QED) is 0.654. The van der Waals surface area contributed by atoms with Crippen LogP contribution in [0.4, 0.5) is 0 Å². The van der Waals surface area contributed by atoms with E-state index in [0.29, 0.717) is 6.42 Å². The maximum absolute atomic E-state index is 6.38. The Morgan fingerprint density at radius 2 is 2.20 bits per heavy atom. The number of nitrogens with zero attached hydrogens (tertiary/aromatic N) is 3. The third-order valence-corrected chi connectivity index (χ3v) is 3.84. The highest BCUT2D eigenvalue weighted by atomic mass is 35.5. The van der Waals surface area contributed by atoms with Gasteiger partial charge in [0.15, 0.2) is 0 Å². The van der Waals surface area contributed by atoms with Crippen LogP contribution in [0.5, 0.6) is 0 Å². The minimum absolute atomic E-state index is 0.0417. The van der Waals surface area contributed by atoms with Gasteiger partial charge in [0.2, 0.25) is 0 Å². The van der Waals surface area contributed by atoms with Crippen molar-refractivity contribution in [2.24, 2.45) is 12.9 Å². The number of aromatic nitrogens is 3. The molecule has 1 unspecified atom stereocenters. The van der Waals surface area contributed by atoms with Gasteiger partial charge in [-0.15, -0.1) is 0 Å². The van der Waals surface area contributed by atoms with Gasteiger partial charge in [-0.05, 0) is 24.5 Å². The molecule has 0 fully saturated rings. The van der Waals surface area contributed by atoms with Crippen molar-refractivity contribution in [3.63, 3.8) is 0 Å². The Bertz CT molecular complexity index is 593. The molecule has 0 aliphatic heterocycles. The highest BCUT2D eigenvalue weighted by molar-refractivity contribution is 6.31. The van der Waals surface area contributed by atoms with Gasteiger partial charge in [0, 0.05) is 25.9 Å². The molecular formula is C14H20ClN5. The van der Waals surface area contributed by atoms with Gasteiger partial charge in [-0.1, -0.05) is 24.6 Å². The van der Waals surface area contributed by atoms with Gasteiger partial charge < -0.3 is 0 Å². The van der Waals surface area contributed by atoms with Crippen LogP contribution in [-0.2, 0) is 19.9 Å². The fourth-order valence-electron chi connectivity index (χ4n) is 2.28. The molecule has 2 aromatic heterocycles. The molecule has 1 atom stereocenters. The average molecular weight is 294 g/mol. The van der Waals surface area contributed by atoms with Crippen molar-refractivity contribution in [3.05, 3.63) is 46.0 Å². The molecule has 0 saturated carbocycles. The maximum atomic E-state index is 6.38. The molecule has 0 saturated heterocycles. The van der Waals surface area contributed by atoms with Crippen LogP contribution < -0.4 is 11.3 Å².